The molecule has 0 saturated carbocycles. The second-order valence-electron chi connectivity index (χ2n) is 6.22. The molecule has 2 rings (SSSR count). The van der Waals surface area contributed by atoms with Gasteiger partial charge in [-0.2, -0.15) is 26.3 Å². The third kappa shape index (κ3) is 3.76. The molecule has 0 fully saturated rings. The Hall–Kier alpha value is -2.78. The molecule has 0 radical (unpaired) electrons. The quantitative estimate of drug-likeness (QED) is 0.526. The van der Waals surface area contributed by atoms with Crippen molar-refractivity contribution in [2.24, 2.45) is 0 Å². The van der Waals surface area contributed by atoms with Crippen LogP contribution in [0.15, 0.2) is 36.4 Å². The fraction of sp³-hybridized carbons (Fsp3) is 0.278. The maximum absolute atomic E-state index is 14.3. The molecule has 0 spiro atoms. The van der Waals surface area contributed by atoms with Crippen LogP contribution < -0.4 is 11.1 Å². The molecule has 0 unspecified atom stereocenters. The van der Waals surface area contributed by atoms with Gasteiger partial charge in [-0.3, -0.25) is 4.79 Å². The van der Waals surface area contributed by atoms with E-state index in [2.05, 4.69) is 5.32 Å². The Kier molecular flexibility index (Phi) is 5.37. The van der Waals surface area contributed by atoms with Crippen molar-refractivity contribution < 1.29 is 35.5 Å². The van der Waals surface area contributed by atoms with Crippen LogP contribution in [0.3, 0.4) is 0 Å². The van der Waals surface area contributed by atoms with Gasteiger partial charge in [-0.15, -0.1) is 0 Å². The SMILES string of the molecule is Cc1cc(C(F)(C(F)(F)F)C(F)(F)F)cc(C)c1NC(=O)c1cccc(N)c1. The van der Waals surface area contributed by atoms with Crippen molar-refractivity contribution in [2.45, 2.75) is 31.9 Å². The smallest absolute Gasteiger partial charge is 0.399 e. The Morgan fingerprint density at radius 1 is 0.893 bits per heavy atom. The van der Waals surface area contributed by atoms with Crippen LogP contribution in [0.25, 0.3) is 0 Å². The number of nitrogens with one attached hydrogen (secondary N) is 1. The van der Waals surface area contributed by atoms with Gasteiger partial charge in [0.05, 0.1) is 0 Å². The van der Waals surface area contributed by atoms with Crippen LogP contribution in [0.4, 0.5) is 42.1 Å². The number of hydrogen-bond acceptors (Lipinski definition) is 2. The number of carbonyl (C=O) groups is 1. The lowest BCUT2D eigenvalue weighted by Gasteiger charge is -2.31. The van der Waals surface area contributed by atoms with E-state index in [1.807, 2.05) is 0 Å². The first-order valence-corrected chi connectivity index (χ1v) is 7.79. The molecule has 10 heteroatoms. The molecule has 3 N–H and O–H groups in total. The van der Waals surface area contributed by atoms with Crippen molar-refractivity contribution in [1.82, 2.24) is 0 Å². The molecule has 0 bridgehead atoms. The minimum atomic E-state index is -6.21. The highest BCUT2D eigenvalue weighted by molar-refractivity contribution is 6.05. The van der Waals surface area contributed by atoms with E-state index in [1.165, 1.54) is 38.1 Å². The van der Waals surface area contributed by atoms with Gasteiger partial charge < -0.3 is 11.1 Å². The predicted octanol–water partition coefficient (Wildman–Crippen LogP) is 5.43. The normalized spacial score (nSPS) is 12.8. The number of rotatable bonds is 3. The van der Waals surface area contributed by atoms with E-state index in [0.29, 0.717) is 12.1 Å². The van der Waals surface area contributed by atoms with E-state index in [1.54, 1.807) is 0 Å². The number of carbonyl (C=O) groups excluding carboxylic acids is 1. The molecule has 0 atom stereocenters. The van der Waals surface area contributed by atoms with Crippen molar-refractivity contribution in [3.05, 3.63) is 58.7 Å². The Bertz CT molecular complexity index is 867. The monoisotopic (exact) mass is 408 g/mol. The molecule has 0 heterocycles. The van der Waals surface area contributed by atoms with Gasteiger partial charge in [0.2, 0.25) is 0 Å². The average molecular weight is 408 g/mol. The Morgan fingerprint density at radius 3 is 1.82 bits per heavy atom. The number of nitrogen functional groups attached to an aromatic ring is 1. The van der Waals surface area contributed by atoms with Crippen LogP contribution in [0.1, 0.15) is 27.0 Å². The Balaban J connectivity index is 2.49. The number of aryl methyl sites for hydroxylation is 2. The highest BCUT2D eigenvalue weighted by Gasteiger charge is 2.73. The highest BCUT2D eigenvalue weighted by atomic mass is 19.4. The number of anilines is 2. The molecule has 0 saturated heterocycles. The van der Waals surface area contributed by atoms with Gasteiger partial charge in [-0.05, 0) is 43.2 Å². The maximum Gasteiger partial charge on any atom is 0.435 e. The molecule has 3 nitrogen and oxygen atoms in total. The molecule has 0 aromatic heterocycles. The molecule has 28 heavy (non-hydrogen) atoms. The van der Waals surface area contributed by atoms with Crippen LogP contribution in [-0.2, 0) is 5.67 Å². The minimum absolute atomic E-state index is 0.0251. The average Bonchev–Trinajstić information content (AvgIpc) is 2.54. The topological polar surface area (TPSA) is 55.1 Å². The van der Waals surface area contributed by atoms with E-state index in [0.717, 1.165) is 0 Å². The zero-order chi connectivity index (χ0) is 21.5. The molecule has 1 amide bonds. The van der Waals surface area contributed by atoms with Crippen LogP contribution in [0.2, 0.25) is 0 Å². The van der Waals surface area contributed by atoms with Gasteiger partial charge in [-0.1, -0.05) is 18.2 Å². The number of hydrogen-bond donors (Lipinski definition) is 2. The summed E-state index contributed by atoms with van der Waals surface area (Å²) in [4.78, 5) is 12.3. The summed E-state index contributed by atoms with van der Waals surface area (Å²) >= 11 is 0. The molecule has 152 valence electrons. The molecule has 2 aromatic carbocycles. The minimum Gasteiger partial charge on any atom is -0.399 e. The molecule has 0 aliphatic carbocycles. The Labute approximate surface area is 155 Å². The third-order valence-electron chi connectivity index (χ3n) is 4.10. The van der Waals surface area contributed by atoms with E-state index in [9.17, 15) is 35.5 Å². The summed E-state index contributed by atoms with van der Waals surface area (Å²) in [6.07, 6.45) is -12.4. The summed E-state index contributed by atoms with van der Waals surface area (Å²) in [5, 5.41) is 2.40. The van der Waals surface area contributed by atoms with Crippen LogP contribution in [0, 0.1) is 13.8 Å². The third-order valence-corrected chi connectivity index (χ3v) is 4.10. The number of halogens is 7. The molecule has 0 aliphatic heterocycles. The highest BCUT2D eigenvalue weighted by Crippen LogP contribution is 2.53. The number of nitrogens with two attached hydrogens (primary N) is 1. The zero-order valence-corrected chi connectivity index (χ0v) is 14.6. The van der Waals surface area contributed by atoms with Crippen molar-refractivity contribution >= 4 is 17.3 Å². The van der Waals surface area contributed by atoms with Crippen LogP contribution in [0.5, 0.6) is 0 Å². The first-order valence-electron chi connectivity index (χ1n) is 7.79. The maximum atomic E-state index is 14.3. The Morgan fingerprint density at radius 2 is 1.39 bits per heavy atom. The van der Waals surface area contributed by atoms with Gasteiger partial charge in [-0.25, -0.2) is 4.39 Å². The largest absolute Gasteiger partial charge is 0.435 e. The first-order chi connectivity index (χ1) is 12.7. The summed E-state index contributed by atoms with van der Waals surface area (Å²) in [7, 11) is 0. The zero-order valence-electron chi connectivity index (χ0n) is 14.6. The van der Waals surface area contributed by atoms with Gasteiger partial charge in [0.15, 0.2) is 0 Å². The lowest BCUT2D eigenvalue weighted by atomic mass is 9.90. The first kappa shape index (κ1) is 21.5. The van der Waals surface area contributed by atoms with Gasteiger partial charge in [0.25, 0.3) is 5.91 Å². The standard InChI is InChI=1S/C18H15F7N2O/c1-9-6-12(16(19,17(20,21)22)18(23,24)25)7-10(2)14(9)27-15(28)11-4-3-5-13(26)8-11/h3-8H,26H2,1-2H3,(H,27,28). The van der Waals surface area contributed by atoms with E-state index >= 15 is 0 Å². The molecular formula is C18H15F7N2O. The van der Waals surface area contributed by atoms with E-state index in [-0.39, 0.29) is 28.1 Å². The number of alkyl halides is 7. The summed E-state index contributed by atoms with van der Waals surface area (Å²) < 4.78 is 91.9. The second kappa shape index (κ2) is 6.99. The van der Waals surface area contributed by atoms with Crippen LogP contribution >= 0.6 is 0 Å². The van der Waals surface area contributed by atoms with Crippen molar-refractivity contribution in [2.75, 3.05) is 11.1 Å². The summed E-state index contributed by atoms with van der Waals surface area (Å²) in [5.41, 5.74) is -1.51. The van der Waals surface area contributed by atoms with Gasteiger partial charge in [0, 0.05) is 22.5 Å². The van der Waals surface area contributed by atoms with Gasteiger partial charge >= 0.3 is 18.0 Å². The summed E-state index contributed by atoms with van der Waals surface area (Å²) in [5.74, 6) is -0.676. The van der Waals surface area contributed by atoms with E-state index < -0.39 is 29.5 Å². The fourth-order valence-corrected chi connectivity index (χ4v) is 2.71. The van der Waals surface area contributed by atoms with Gasteiger partial charge in [0.1, 0.15) is 0 Å². The van der Waals surface area contributed by atoms with Crippen molar-refractivity contribution in [3.8, 4) is 0 Å². The number of amides is 1. The molecule has 2 aromatic rings. The second-order valence-corrected chi connectivity index (χ2v) is 6.22. The fourth-order valence-electron chi connectivity index (χ4n) is 2.71. The summed E-state index contributed by atoms with van der Waals surface area (Å²) in [6, 6.07) is 6.62. The number of benzene rings is 2. The van der Waals surface area contributed by atoms with Crippen molar-refractivity contribution in [3.63, 3.8) is 0 Å². The lowest BCUT2D eigenvalue weighted by Crippen LogP contribution is -2.50. The molecular weight excluding hydrogens is 393 g/mol. The van der Waals surface area contributed by atoms with Crippen LogP contribution in [-0.4, -0.2) is 18.3 Å². The van der Waals surface area contributed by atoms with E-state index in [4.69, 9.17) is 5.73 Å². The lowest BCUT2D eigenvalue weighted by molar-refractivity contribution is -0.348. The predicted molar refractivity (Wildman–Crippen MR) is 89.6 cm³/mol. The summed E-state index contributed by atoms with van der Waals surface area (Å²) in [6.45, 7) is 2.33. The van der Waals surface area contributed by atoms with Crippen molar-refractivity contribution in [1.29, 1.82) is 0 Å². The molecule has 0 aliphatic rings.